The van der Waals surface area contributed by atoms with Crippen LogP contribution >= 0.6 is 12.2 Å². The maximum Gasteiger partial charge on any atom is 0.281 e. The Labute approximate surface area is 147 Å². The van der Waals surface area contributed by atoms with Crippen molar-refractivity contribution in [3.05, 3.63) is 65.9 Å². The van der Waals surface area contributed by atoms with Gasteiger partial charge in [-0.1, -0.05) is 30.3 Å². The highest BCUT2D eigenvalue weighted by atomic mass is 32.1. The molecule has 1 heterocycles. The van der Waals surface area contributed by atoms with E-state index in [0.29, 0.717) is 10.8 Å². The topological polar surface area (TPSA) is 26.8 Å². The molecule has 0 atom stereocenters. The van der Waals surface area contributed by atoms with E-state index in [9.17, 15) is 4.79 Å². The molecule has 1 aliphatic rings. The molecular weight excluding hydrogens is 318 g/mol. The van der Waals surface area contributed by atoms with Gasteiger partial charge in [0.25, 0.3) is 5.91 Å². The van der Waals surface area contributed by atoms with E-state index in [1.165, 1.54) is 0 Å². The van der Waals surface area contributed by atoms with Gasteiger partial charge in [0.05, 0.1) is 5.69 Å². The third-order valence-corrected chi connectivity index (χ3v) is 4.45. The van der Waals surface area contributed by atoms with Gasteiger partial charge in [0.1, 0.15) is 5.70 Å². The molecule has 1 fully saturated rings. The third-order valence-electron chi connectivity index (χ3n) is 3.99. The van der Waals surface area contributed by atoms with E-state index >= 15 is 0 Å². The van der Waals surface area contributed by atoms with Crippen LogP contribution in [0.25, 0.3) is 6.08 Å². The number of rotatable bonds is 3. The molecule has 2 aromatic rings. The van der Waals surface area contributed by atoms with Crippen molar-refractivity contribution in [2.45, 2.75) is 0 Å². The minimum absolute atomic E-state index is 0.106. The Bertz CT molecular complexity index is 797. The fourth-order valence-electron chi connectivity index (χ4n) is 2.59. The number of hydrogen-bond donors (Lipinski definition) is 0. The average molecular weight is 337 g/mol. The van der Waals surface area contributed by atoms with Gasteiger partial charge in [0, 0.05) is 26.8 Å². The number of benzene rings is 2. The van der Waals surface area contributed by atoms with Crippen molar-refractivity contribution in [3.63, 3.8) is 0 Å². The van der Waals surface area contributed by atoms with Crippen LogP contribution in [0, 0.1) is 0 Å². The summed E-state index contributed by atoms with van der Waals surface area (Å²) >= 11 is 5.45. The van der Waals surface area contributed by atoms with Gasteiger partial charge < -0.3 is 9.80 Å². The summed E-state index contributed by atoms with van der Waals surface area (Å²) < 4.78 is 0. The number of para-hydroxylation sites is 1. The Hall–Kier alpha value is -2.66. The number of thiocarbonyl (C=S) groups is 1. The van der Waals surface area contributed by atoms with Crippen molar-refractivity contribution in [1.29, 1.82) is 0 Å². The van der Waals surface area contributed by atoms with E-state index in [0.717, 1.165) is 16.9 Å². The summed E-state index contributed by atoms with van der Waals surface area (Å²) in [6.07, 6.45) is 1.87. The van der Waals surface area contributed by atoms with Crippen molar-refractivity contribution in [3.8, 4) is 0 Å². The Morgan fingerprint density at radius 2 is 1.62 bits per heavy atom. The van der Waals surface area contributed by atoms with Crippen molar-refractivity contribution >= 4 is 40.7 Å². The zero-order chi connectivity index (χ0) is 17.3. The molecule has 0 aromatic heterocycles. The summed E-state index contributed by atoms with van der Waals surface area (Å²) in [6, 6.07) is 17.5. The zero-order valence-corrected chi connectivity index (χ0v) is 14.7. The van der Waals surface area contributed by atoms with Gasteiger partial charge in [-0.05, 0) is 48.1 Å². The third kappa shape index (κ3) is 2.90. The second-order valence-corrected chi connectivity index (χ2v) is 6.20. The Kier molecular flexibility index (Phi) is 4.36. The number of carbonyl (C=O) groups is 1. The summed E-state index contributed by atoms with van der Waals surface area (Å²) in [4.78, 5) is 18.2. The first-order valence-electron chi connectivity index (χ1n) is 7.65. The van der Waals surface area contributed by atoms with Crippen molar-refractivity contribution in [1.82, 2.24) is 4.90 Å². The van der Waals surface area contributed by atoms with E-state index in [1.54, 1.807) is 9.80 Å². The van der Waals surface area contributed by atoms with Crippen LogP contribution < -0.4 is 9.80 Å². The fourth-order valence-corrected chi connectivity index (χ4v) is 2.87. The number of amides is 1. The van der Waals surface area contributed by atoms with Gasteiger partial charge in [0.15, 0.2) is 5.11 Å². The lowest BCUT2D eigenvalue weighted by molar-refractivity contribution is -0.114. The summed E-state index contributed by atoms with van der Waals surface area (Å²) in [5.74, 6) is -0.106. The first-order valence-corrected chi connectivity index (χ1v) is 8.06. The highest BCUT2D eigenvalue weighted by Gasteiger charge is 2.36. The molecule has 5 heteroatoms. The second kappa shape index (κ2) is 6.45. The number of nitrogens with zero attached hydrogens (tertiary/aromatic N) is 3. The molecule has 0 unspecified atom stereocenters. The lowest BCUT2D eigenvalue weighted by Gasteiger charge is -2.16. The molecule has 2 aromatic carbocycles. The smallest absolute Gasteiger partial charge is 0.281 e. The monoisotopic (exact) mass is 337 g/mol. The maximum absolute atomic E-state index is 12.8. The van der Waals surface area contributed by atoms with Crippen LogP contribution in [0.1, 0.15) is 5.56 Å². The highest BCUT2D eigenvalue weighted by Crippen LogP contribution is 2.27. The van der Waals surface area contributed by atoms with Crippen LogP contribution in [0.4, 0.5) is 11.4 Å². The highest BCUT2D eigenvalue weighted by molar-refractivity contribution is 7.80. The zero-order valence-electron chi connectivity index (χ0n) is 13.9. The Morgan fingerprint density at radius 1 is 1.00 bits per heavy atom. The molecule has 3 rings (SSSR count). The number of carbonyl (C=O) groups excluding carboxylic acids is 1. The predicted molar refractivity (Wildman–Crippen MR) is 103 cm³/mol. The predicted octanol–water partition coefficient (Wildman–Crippen LogP) is 3.36. The second-order valence-electron chi connectivity index (χ2n) is 5.83. The minimum atomic E-state index is -0.106. The van der Waals surface area contributed by atoms with Crippen molar-refractivity contribution in [2.75, 3.05) is 30.9 Å². The largest absolute Gasteiger partial charge is 0.378 e. The van der Waals surface area contributed by atoms with Crippen LogP contribution in [-0.4, -0.2) is 37.1 Å². The maximum atomic E-state index is 12.8. The molecule has 0 aliphatic carbocycles. The van der Waals surface area contributed by atoms with Crippen molar-refractivity contribution in [2.24, 2.45) is 0 Å². The lowest BCUT2D eigenvalue weighted by atomic mass is 10.1. The molecular formula is C19H19N3OS. The van der Waals surface area contributed by atoms with E-state index in [-0.39, 0.29) is 5.91 Å². The van der Waals surface area contributed by atoms with Gasteiger partial charge >= 0.3 is 0 Å². The first kappa shape index (κ1) is 16.2. The van der Waals surface area contributed by atoms with E-state index in [4.69, 9.17) is 12.2 Å². The summed E-state index contributed by atoms with van der Waals surface area (Å²) in [7, 11) is 5.82. The molecule has 0 saturated carbocycles. The molecule has 0 spiro atoms. The van der Waals surface area contributed by atoms with Crippen LogP contribution in [-0.2, 0) is 4.79 Å². The molecule has 122 valence electrons. The molecule has 1 saturated heterocycles. The molecule has 0 radical (unpaired) electrons. The molecule has 1 aliphatic heterocycles. The van der Waals surface area contributed by atoms with E-state index in [1.807, 2.05) is 86.7 Å². The van der Waals surface area contributed by atoms with Gasteiger partial charge in [-0.25, -0.2) is 0 Å². The number of hydrogen-bond acceptors (Lipinski definition) is 3. The first-order chi connectivity index (χ1) is 11.5. The fraction of sp³-hybridized carbons (Fsp3) is 0.158. The van der Waals surface area contributed by atoms with Crippen LogP contribution in [0.3, 0.4) is 0 Å². The standard InChI is InChI=1S/C19H19N3OS/c1-20(2)15-11-9-14(10-12-15)13-17-18(23)22(19(24)21(17)3)16-7-5-4-6-8-16/h4-13H,1-3H3. The molecule has 0 N–H and O–H groups in total. The van der Waals surface area contributed by atoms with Crippen LogP contribution in [0.5, 0.6) is 0 Å². The minimum Gasteiger partial charge on any atom is -0.378 e. The van der Waals surface area contributed by atoms with Crippen LogP contribution in [0.15, 0.2) is 60.3 Å². The van der Waals surface area contributed by atoms with Crippen LogP contribution in [0.2, 0.25) is 0 Å². The SMILES string of the molecule is CN1C(=S)N(c2ccccc2)C(=O)C1=Cc1ccc(N(C)C)cc1. The van der Waals surface area contributed by atoms with E-state index < -0.39 is 0 Å². The summed E-state index contributed by atoms with van der Waals surface area (Å²) in [6.45, 7) is 0. The van der Waals surface area contributed by atoms with Crippen molar-refractivity contribution < 1.29 is 4.79 Å². The lowest BCUT2D eigenvalue weighted by Crippen LogP contribution is -2.30. The molecule has 1 amide bonds. The molecule has 0 bridgehead atoms. The van der Waals surface area contributed by atoms with Gasteiger partial charge in [0.2, 0.25) is 0 Å². The number of anilines is 2. The molecule has 4 nitrogen and oxygen atoms in total. The Balaban J connectivity index is 1.93. The summed E-state index contributed by atoms with van der Waals surface area (Å²) in [5, 5.41) is 0.488. The molecule has 24 heavy (non-hydrogen) atoms. The Morgan fingerprint density at radius 3 is 2.21 bits per heavy atom. The van der Waals surface area contributed by atoms with Gasteiger partial charge in [-0.2, -0.15) is 0 Å². The normalized spacial score (nSPS) is 16.2. The van der Waals surface area contributed by atoms with E-state index in [2.05, 4.69) is 0 Å². The summed E-state index contributed by atoms with van der Waals surface area (Å²) in [5.41, 5.74) is 3.44. The van der Waals surface area contributed by atoms with Gasteiger partial charge in [-0.3, -0.25) is 9.69 Å². The van der Waals surface area contributed by atoms with Gasteiger partial charge in [-0.15, -0.1) is 0 Å². The average Bonchev–Trinajstić information content (AvgIpc) is 2.80. The quantitative estimate of drug-likeness (QED) is 0.634. The number of likely N-dealkylation sites (N-methyl/N-ethyl adjacent to an activating group) is 1.